The van der Waals surface area contributed by atoms with Crippen molar-refractivity contribution in [3.63, 3.8) is 0 Å². The van der Waals surface area contributed by atoms with Crippen LogP contribution >= 0.6 is 12.4 Å². The number of fused-ring (bicyclic) bond motifs is 3. The van der Waals surface area contributed by atoms with Crippen LogP contribution in [0, 0.1) is 5.82 Å². The van der Waals surface area contributed by atoms with E-state index in [0.29, 0.717) is 0 Å². The van der Waals surface area contributed by atoms with Crippen LogP contribution in [-0.4, -0.2) is 37.1 Å². The molecule has 1 fully saturated rings. The lowest BCUT2D eigenvalue weighted by molar-refractivity contribution is -0.177. The highest BCUT2D eigenvalue weighted by molar-refractivity contribution is 5.85. The molecule has 5 heteroatoms. The first-order valence-electron chi connectivity index (χ1n) is 9.02. The van der Waals surface area contributed by atoms with E-state index in [1.807, 2.05) is 6.07 Å². The summed E-state index contributed by atoms with van der Waals surface area (Å²) in [7, 11) is 4.12. The smallest absolute Gasteiger partial charge is 0.303 e. The van der Waals surface area contributed by atoms with Crippen molar-refractivity contribution < 1.29 is 13.9 Å². The van der Waals surface area contributed by atoms with Gasteiger partial charge in [-0.2, -0.15) is 0 Å². The van der Waals surface area contributed by atoms with Gasteiger partial charge in [-0.05, 0) is 82.4 Å². The highest BCUT2D eigenvalue weighted by Gasteiger charge is 2.58. The highest BCUT2D eigenvalue weighted by Crippen LogP contribution is 2.56. The van der Waals surface area contributed by atoms with Gasteiger partial charge in [-0.3, -0.25) is 4.79 Å². The van der Waals surface area contributed by atoms with Gasteiger partial charge in [0.05, 0.1) is 0 Å². The van der Waals surface area contributed by atoms with Crippen molar-refractivity contribution in [2.75, 3.05) is 20.6 Å². The molecule has 2 aliphatic carbocycles. The summed E-state index contributed by atoms with van der Waals surface area (Å²) in [6.07, 6.45) is 6.61. The van der Waals surface area contributed by atoms with Gasteiger partial charge in [-0.25, -0.2) is 4.39 Å². The van der Waals surface area contributed by atoms with Crippen LogP contribution in [0.3, 0.4) is 0 Å². The van der Waals surface area contributed by atoms with Gasteiger partial charge < -0.3 is 9.64 Å². The van der Waals surface area contributed by atoms with E-state index in [1.165, 1.54) is 12.5 Å². The lowest BCUT2D eigenvalue weighted by atomic mass is 9.53. The first kappa shape index (κ1) is 20.2. The molecule has 0 N–H and O–H groups in total. The van der Waals surface area contributed by atoms with E-state index in [9.17, 15) is 9.18 Å². The molecule has 0 saturated heterocycles. The van der Waals surface area contributed by atoms with Crippen molar-refractivity contribution in [2.45, 2.75) is 62.9 Å². The summed E-state index contributed by atoms with van der Waals surface area (Å²) in [5.41, 5.74) is 1.56. The molecule has 2 aliphatic rings. The molecule has 0 aliphatic heterocycles. The van der Waals surface area contributed by atoms with Gasteiger partial charge in [0.1, 0.15) is 11.4 Å². The number of hydrogen-bond donors (Lipinski definition) is 0. The van der Waals surface area contributed by atoms with E-state index in [0.717, 1.165) is 57.1 Å². The predicted octanol–water partition coefficient (Wildman–Crippen LogP) is 4.26. The van der Waals surface area contributed by atoms with E-state index in [4.69, 9.17) is 4.74 Å². The summed E-state index contributed by atoms with van der Waals surface area (Å²) in [4.78, 5) is 14.1. The van der Waals surface area contributed by atoms with Gasteiger partial charge in [0.2, 0.25) is 0 Å². The molecular weight excluding hydrogens is 341 g/mol. The summed E-state index contributed by atoms with van der Waals surface area (Å²) >= 11 is 0. The molecule has 0 amide bonds. The Morgan fingerprint density at radius 3 is 2.64 bits per heavy atom. The number of carbonyl (C=O) groups excluding carboxylic acids is 1. The third-order valence-corrected chi connectivity index (χ3v) is 6.02. The molecule has 3 rings (SSSR count). The zero-order valence-corrected chi connectivity index (χ0v) is 16.3. The van der Waals surface area contributed by atoms with Crippen LogP contribution in [0.2, 0.25) is 0 Å². The molecule has 0 heterocycles. The SMILES string of the molecule is CC(=O)OC12CCCCC1(CCN(C)C)c1cc(F)ccc1CC2.Cl. The van der Waals surface area contributed by atoms with Crippen molar-refractivity contribution in [2.24, 2.45) is 0 Å². The maximum atomic E-state index is 14.1. The van der Waals surface area contributed by atoms with E-state index in [2.05, 4.69) is 19.0 Å². The predicted molar refractivity (Wildman–Crippen MR) is 99.8 cm³/mol. The minimum absolute atomic E-state index is 0. The fraction of sp³-hybridized carbons (Fsp3) is 0.650. The Morgan fingerprint density at radius 1 is 1.24 bits per heavy atom. The van der Waals surface area contributed by atoms with Crippen molar-refractivity contribution >= 4 is 18.4 Å². The van der Waals surface area contributed by atoms with Crippen molar-refractivity contribution in [1.29, 1.82) is 0 Å². The average Bonchev–Trinajstić information content (AvgIpc) is 2.52. The van der Waals surface area contributed by atoms with Crippen LogP contribution in [0.5, 0.6) is 0 Å². The zero-order valence-electron chi connectivity index (χ0n) is 15.4. The molecule has 1 aromatic carbocycles. The van der Waals surface area contributed by atoms with Crippen LogP contribution in [-0.2, 0) is 21.4 Å². The molecule has 25 heavy (non-hydrogen) atoms. The Balaban J connectivity index is 0.00000225. The first-order valence-corrected chi connectivity index (χ1v) is 9.02. The number of nitrogens with zero attached hydrogens (tertiary/aromatic N) is 1. The fourth-order valence-electron chi connectivity index (χ4n) is 4.97. The lowest BCUT2D eigenvalue weighted by Crippen LogP contribution is -2.59. The molecule has 2 atom stereocenters. The van der Waals surface area contributed by atoms with Crippen LogP contribution < -0.4 is 0 Å². The van der Waals surface area contributed by atoms with Crippen LogP contribution in [0.15, 0.2) is 18.2 Å². The molecule has 0 radical (unpaired) electrons. The minimum atomic E-state index is -0.478. The Bertz CT molecular complexity index is 636. The maximum absolute atomic E-state index is 14.1. The number of rotatable bonds is 4. The molecule has 3 nitrogen and oxygen atoms in total. The summed E-state index contributed by atoms with van der Waals surface area (Å²) in [5.74, 6) is -0.409. The van der Waals surface area contributed by atoms with Gasteiger partial charge in [0, 0.05) is 12.3 Å². The van der Waals surface area contributed by atoms with E-state index in [1.54, 1.807) is 12.1 Å². The second-order valence-electron chi connectivity index (χ2n) is 7.73. The molecule has 0 bridgehead atoms. The zero-order chi connectivity index (χ0) is 17.4. The topological polar surface area (TPSA) is 29.5 Å². The monoisotopic (exact) mass is 369 g/mol. The number of benzene rings is 1. The van der Waals surface area contributed by atoms with Crippen molar-refractivity contribution in [3.8, 4) is 0 Å². The van der Waals surface area contributed by atoms with Gasteiger partial charge in [-0.1, -0.05) is 12.5 Å². The summed E-state index contributed by atoms with van der Waals surface area (Å²) in [5, 5.41) is 0. The van der Waals surface area contributed by atoms with Gasteiger partial charge in [0.15, 0.2) is 0 Å². The van der Waals surface area contributed by atoms with Gasteiger partial charge in [0.25, 0.3) is 0 Å². The van der Waals surface area contributed by atoms with Crippen molar-refractivity contribution in [3.05, 3.63) is 35.1 Å². The van der Waals surface area contributed by atoms with E-state index < -0.39 is 5.60 Å². The Hall–Kier alpha value is -1.13. The molecule has 0 spiro atoms. The number of ether oxygens (including phenoxy) is 1. The molecule has 1 saturated carbocycles. The number of hydrogen-bond acceptors (Lipinski definition) is 3. The normalized spacial score (nSPS) is 27.9. The summed E-state index contributed by atoms with van der Waals surface area (Å²) in [6.45, 7) is 2.40. The van der Waals surface area contributed by atoms with Crippen LogP contribution in [0.4, 0.5) is 4.39 Å². The fourth-order valence-corrected chi connectivity index (χ4v) is 4.97. The third-order valence-electron chi connectivity index (χ3n) is 6.02. The second kappa shape index (κ2) is 7.63. The lowest BCUT2D eigenvalue weighted by Gasteiger charge is -2.56. The highest BCUT2D eigenvalue weighted by atomic mass is 35.5. The Kier molecular flexibility index (Phi) is 6.16. The standard InChI is InChI=1S/C20H28FNO2.ClH/c1-15(23)24-20-10-5-4-9-19(20,12-13-22(2)3)18-14-17(21)7-6-16(18)8-11-20;/h6-7,14H,4-5,8-13H2,1-3H3;1H. The first-order chi connectivity index (χ1) is 11.4. The number of esters is 1. The van der Waals surface area contributed by atoms with Crippen molar-refractivity contribution in [1.82, 2.24) is 4.90 Å². The summed E-state index contributed by atoms with van der Waals surface area (Å²) in [6, 6.07) is 5.18. The van der Waals surface area contributed by atoms with Crippen LogP contribution in [0.1, 0.15) is 56.6 Å². The third kappa shape index (κ3) is 3.56. The van der Waals surface area contributed by atoms with E-state index >= 15 is 0 Å². The maximum Gasteiger partial charge on any atom is 0.303 e. The molecule has 2 unspecified atom stereocenters. The quantitative estimate of drug-likeness (QED) is 0.743. The van der Waals surface area contributed by atoms with Gasteiger partial charge >= 0.3 is 5.97 Å². The van der Waals surface area contributed by atoms with Crippen LogP contribution in [0.25, 0.3) is 0 Å². The number of aryl methyl sites for hydroxylation is 1. The van der Waals surface area contributed by atoms with E-state index in [-0.39, 0.29) is 29.6 Å². The Labute approximate surface area is 156 Å². The molecule has 0 aromatic heterocycles. The number of carbonyl (C=O) groups is 1. The molecule has 140 valence electrons. The second-order valence-corrected chi connectivity index (χ2v) is 7.73. The molecular formula is C20H29ClFNO2. The Morgan fingerprint density at radius 2 is 1.96 bits per heavy atom. The van der Waals surface area contributed by atoms with Gasteiger partial charge in [-0.15, -0.1) is 12.4 Å². The summed E-state index contributed by atoms with van der Waals surface area (Å²) < 4.78 is 20.1. The number of halogens is 2. The molecule has 1 aromatic rings. The minimum Gasteiger partial charge on any atom is -0.458 e. The average molecular weight is 370 g/mol. The largest absolute Gasteiger partial charge is 0.458 e.